The zero-order valence-electron chi connectivity index (χ0n) is 24.7. The molecule has 0 radical (unpaired) electrons. The number of hydrogen-bond acceptors (Lipinski definition) is 15. The third kappa shape index (κ3) is 5.53. The Morgan fingerprint density at radius 3 is 2.64 bits per heavy atom. The van der Waals surface area contributed by atoms with Gasteiger partial charge in [-0.2, -0.15) is 4.98 Å². The molecular formula is C25H30N10O8P2S2. The maximum Gasteiger partial charge on any atom is 0.386 e. The first-order valence-corrected chi connectivity index (χ1v) is 20.1. The number of thiol groups is 2. The lowest BCUT2D eigenvalue weighted by molar-refractivity contribution is -0.0318. The van der Waals surface area contributed by atoms with Crippen LogP contribution >= 0.6 is 38.1 Å². The Labute approximate surface area is 276 Å². The summed E-state index contributed by atoms with van der Waals surface area (Å²) in [4.78, 5) is 25.3. The van der Waals surface area contributed by atoms with Gasteiger partial charge >= 0.3 is 13.6 Å². The third-order valence-electron chi connectivity index (χ3n) is 9.14. The summed E-state index contributed by atoms with van der Waals surface area (Å²) in [5.41, 5.74) is 7.75. The zero-order chi connectivity index (χ0) is 32.7. The molecule has 7 heterocycles. The third-order valence-corrected chi connectivity index (χ3v) is 12.4. The van der Waals surface area contributed by atoms with Gasteiger partial charge in [0.05, 0.1) is 38.6 Å². The quantitative estimate of drug-likeness (QED) is 0.150. The number of imidazole rings is 3. The molecule has 47 heavy (non-hydrogen) atoms. The summed E-state index contributed by atoms with van der Waals surface area (Å²) in [5, 5.41) is 10.5. The average Bonchev–Trinajstić information content (AvgIpc) is 3.79. The van der Waals surface area contributed by atoms with Gasteiger partial charge in [0.2, 0.25) is 11.7 Å². The Morgan fingerprint density at radius 2 is 1.79 bits per heavy atom. The molecule has 0 amide bonds. The van der Waals surface area contributed by atoms with Crippen molar-refractivity contribution in [2.45, 2.75) is 44.2 Å². The molecule has 18 nitrogen and oxygen atoms in total. The van der Waals surface area contributed by atoms with Crippen LogP contribution in [0.2, 0.25) is 0 Å². The maximum absolute atomic E-state index is 13.7. The largest absolute Gasteiger partial charge is 0.492 e. The predicted molar refractivity (Wildman–Crippen MR) is 172 cm³/mol. The highest BCUT2D eigenvalue weighted by Crippen LogP contribution is 2.60. The van der Waals surface area contributed by atoms with Gasteiger partial charge < -0.3 is 33.7 Å². The number of hydrogen-bond donors (Lipinski definition) is 4. The summed E-state index contributed by atoms with van der Waals surface area (Å²) in [6, 6.07) is -0.223. The second kappa shape index (κ2) is 11.7. The lowest BCUT2D eigenvalue weighted by atomic mass is 9.70. The Bertz CT molecular complexity index is 2090. The van der Waals surface area contributed by atoms with E-state index in [2.05, 4.69) is 54.4 Å². The smallest absolute Gasteiger partial charge is 0.386 e. The van der Waals surface area contributed by atoms with Crippen LogP contribution in [0.1, 0.15) is 32.0 Å². The first kappa shape index (κ1) is 31.5. The fraction of sp³-hybridized carbons (Fsp3) is 0.520. The first-order chi connectivity index (χ1) is 22.5. The summed E-state index contributed by atoms with van der Waals surface area (Å²) in [5.74, 6) is -0.589. The number of nitrogens with two attached hydrogens (primary N) is 1. The lowest BCUT2D eigenvalue weighted by Crippen LogP contribution is -2.43. The fourth-order valence-electron chi connectivity index (χ4n) is 6.75. The van der Waals surface area contributed by atoms with Gasteiger partial charge in [0.15, 0.2) is 22.6 Å². The number of nitrogens with zero attached hydrogens (tertiary/aromatic N) is 9. The van der Waals surface area contributed by atoms with Crippen molar-refractivity contribution in [3.8, 4) is 5.88 Å². The molecule has 250 valence electrons. The molecule has 9 atom stereocenters. The van der Waals surface area contributed by atoms with Crippen LogP contribution in [0.4, 0.5) is 5.82 Å². The molecule has 0 aromatic carbocycles. The highest BCUT2D eigenvalue weighted by molar-refractivity contribution is 8.44. The summed E-state index contributed by atoms with van der Waals surface area (Å²) in [6.07, 6.45) is 6.49. The Hall–Kier alpha value is -2.80. The van der Waals surface area contributed by atoms with E-state index in [4.69, 9.17) is 28.6 Å². The molecule has 2 saturated heterocycles. The number of rotatable bonds is 2. The van der Waals surface area contributed by atoms with Crippen LogP contribution in [0.15, 0.2) is 31.4 Å². The lowest BCUT2D eigenvalue weighted by Gasteiger charge is -2.45. The molecule has 3 aliphatic rings. The molecule has 0 unspecified atom stereocenters. The van der Waals surface area contributed by atoms with Gasteiger partial charge in [-0.15, -0.1) is 0 Å². The van der Waals surface area contributed by atoms with E-state index in [9.17, 15) is 14.2 Å². The SMILES string of the molecule is C[C@@H]1[C@@H]2O[P@](=O)(S)OC[C@H]3C[C@@H](n4cnc5c(O)nc6nccn6c54)[C@@H]3CO[P@](=O)(S)OCC[C@H]2O[C@H]1n1cnc2c(N)ncnc21. The van der Waals surface area contributed by atoms with E-state index < -0.39 is 32.0 Å². The van der Waals surface area contributed by atoms with Crippen LogP contribution in [0, 0.1) is 17.8 Å². The molecule has 3 N–H and O–H groups in total. The molecule has 22 heteroatoms. The average molecular weight is 725 g/mol. The molecule has 2 aliphatic heterocycles. The molecule has 5 aromatic rings. The van der Waals surface area contributed by atoms with E-state index in [0.717, 1.165) is 0 Å². The minimum atomic E-state index is -3.92. The Morgan fingerprint density at radius 1 is 1.00 bits per heavy atom. The van der Waals surface area contributed by atoms with Gasteiger partial charge in [0, 0.05) is 36.7 Å². The van der Waals surface area contributed by atoms with Crippen molar-refractivity contribution in [1.29, 1.82) is 0 Å². The molecule has 5 aromatic heterocycles. The van der Waals surface area contributed by atoms with E-state index in [-0.39, 0.29) is 61.7 Å². The van der Waals surface area contributed by atoms with Gasteiger partial charge in [0.1, 0.15) is 24.2 Å². The highest BCUT2D eigenvalue weighted by atomic mass is 32.7. The monoisotopic (exact) mass is 724 g/mol. The van der Waals surface area contributed by atoms with Crippen LogP contribution in [-0.2, 0) is 32.0 Å². The van der Waals surface area contributed by atoms with Crippen molar-refractivity contribution in [2.24, 2.45) is 17.8 Å². The summed E-state index contributed by atoms with van der Waals surface area (Å²) < 4.78 is 62.2. The molecule has 3 fully saturated rings. The molecule has 8 rings (SSSR count). The van der Waals surface area contributed by atoms with E-state index >= 15 is 0 Å². The van der Waals surface area contributed by atoms with Crippen LogP contribution in [-0.4, -0.2) is 80.6 Å². The minimum Gasteiger partial charge on any atom is -0.492 e. The van der Waals surface area contributed by atoms with Crippen LogP contribution < -0.4 is 5.73 Å². The van der Waals surface area contributed by atoms with Crippen molar-refractivity contribution in [3.63, 3.8) is 0 Å². The standard InChI is InChI=1S/C25H30N10O8P2S2/c1-12-19-16(42-24(12)35-11-30-17-20(26)28-9-29-21(17)35)2-5-39-44(37,46)41-8-14-13(7-40-45(38,47)43-19)6-15(14)34-10-31-18-22(36)32-25-27-3-4-33(25)23(18)34/h3-4,9-16,19,24H,2,5-8H2,1H3,(H,37,46)(H,38,47)(H2,26,28,29)(H,27,32,36)/t12-,13-,14-,15-,16-,19+,24-,44-,45-/m1/s1. The second-order valence-corrected chi connectivity index (χ2v) is 17.6. The normalized spacial score (nSPS) is 35.4. The number of aromatic hydroxyl groups is 1. The predicted octanol–water partition coefficient (Wildman–Crippen LogP) is 3.83. The summed E-state index contributed by atoms with van der Waals surface area (Å²) in [6.45, 7) is -5.90. The van der Waals surface area contributed by atoms with E-state index in [0.29, 0.717) is 34.5 Å². The minimum absolute atomic E-state index is 0.0125. The molecular weight excluding hydrogens is 694 g/mol. The van der Waals surface area contributed by atoms with Crippen LogP contribution in [0.25, 0.3) is 28.1 Å². The Kier molecular flexibility index (Phi) is 7.81. The van der Waals surface area contributed by atoms with Gasteiger partial charge in [-0.3, -0.25) is 13.5 Å². The summed E-state index contributed by atoms with van der Waals surface area (Å²) in [7, 11) is 0. The molecule has 0 spiro atoms. The van der Waals surface area contributed by atoms with Gasteiger partial charge in [-0.25, -0.2) is 34.0 Å². The van der Waals surface area contributed by atoms with Crippen LogP contribution in [0.3, 0.4) is 0 Å². The molecule has 0 bridgehead atoms. The van der Waals surface area contributed by atoms with Crippen molar-refractivity contribution >= 4 is 72.0 Å². The summed E-state index contributed by atoms with van der Waals surface area (Å²) >= 11 is 8.58. The Balaban J connectivity index is 1.06. The van der Waals surface area contributed by atoms with E-state index in [1.807, 2.05) is 11.5 Å². The zero-order valence-corrected chi connectivity index (χ0v) is 28.2. The van der Waals surface area contributed by atoms with Crippen molar-refractivity contribution in [2.75, 3.05) is 25.6 Å². The number of fused-ring (bicyclic) bond motifs is 6. The number of nitrogen functional groups attached to an aromatic ring is 1. The fourth-order valence-corrected chi connectivity index (χ4v) is 9.57. The maximum atomic E-state index is 13.7. The molecule has 1 saturated carbocycles. The van der Waals surface area contributed by atoms with E-state index in [1.54, 1.807) is 34.0 Å². The highest BCUT2D eigenvalue weighted by Gasteiger charge is 2.49. The number of ether oxygens (including phenoxy) is 1. The molecule has 1 aliphatic carbocycles. The topological polar surface area (TPSA) is 218 Å². The first-order valence-electron chi connectivity index (χ1n) is 14.7. The van der Waals surface area contributed by atoms with Gasteiger partial charge in [-0.1, -0.05) is 31.4 Å². The van der Waals surface area contributed by atoms with Crippen molar-refractivity contribution < 1.29 is 37.1 Å². The van der Waals surface area contributed by atoms with E-state index in [1.165, 1.54) is 6.33 Å². The number of aromatic nitrogens is 9. The van der Waals surface area contributed by atoms with Crippen molar-refractivity contribution in [3.05, 3.63) is 31.4 Å². The second-order valence-electron chi connectivity index (χ2n) is 11.8. The van der Waals surface area contributed by atoms with Crippen LogP contribution in [0.5, 0.6) is 5.88 Å². The van der Waals surface area contributed by atoms with Crippen molar-refractivity contribution in [1.82, 2.24) is 43.4 Å². The number of anilines is 1. The van der Waals surface area contributed by atoms with Gasteiger partial charge in [0.25, 0.3) is 0 Å². The van der Waals surface area contributed by atoms with Gasteiger partial charge in [-0.05, 0) is 12.3 Å².